The van der Waals surface area contributed by atoms with Gasteiger partial charge in [-0.2, -0.15) is 0 Å². The van der Waals surface area contributed by atoms with E-state index in [1.807, 2.05) is 4.90 Å². The molecule has 1 saturated heterocycles. The molecule has 0 spiro atoms. The summed E-state index contributed by atoms with van der Waals surface area (Å²) in [5, 5.41) is 3.42. The minimum absolute atomic E-state index is 0.0762. The van der Waals surface area contributed by atoms with Crippen LogP contribution in [0.25, 0.3) is 0 Å². The maximum Gasteiger partial charge on any atom is 0.254 e. The number of methoxy groups -OCH3 is 1. The summed E-state index contributed by atoms with van der Waals surface area (Å²) in [6, 6.07) is 5.13. The Labute approximate surface area is 124 Å². The van der Waals surface area contributed by atoms with Crippen molar-refractivity contribution in [1.82, 2.24) is 10.2 Å². The van der Waals surface area contributed by atoms with E-state index in [9.17, 15) is 9.18 Å². The lowest BCUT2D eigenvalue weighted by atomic mass is 10.1. The van der Waals surface area contributed by atoms with Gasteiger partial charge in [-0.3, -0.25) is 4.79 Å². The molecule has 1 heterocycles. The molecule has 1 aromatic rings. The van der Waals surface area contributed by atoms with Crippen molar-refractivity contribution < 1.29 is 13.9 Å². The zero-order valence-electron chi connectivity index (χ0n) is 12.3. The molecule has 1 amide bonds. The number of hydrogen-bond acceptors (Lipinski definition) is 3. The van der Waals surface area contributed by atoms with Crippen LogP contribution in [0.5, 0.6) is 5.75 Å². The average molecular weight is 292 g/mol. The third-order valence-corrected chi connectivity index (χ3v) is 4.23. The van der Waals surface area contributed by atoms with Crippen LogP contribution in [0.4, 0.5) is 4.39 Å². The summed E-state index contributed by atoms with van der Waals surface area (Å²) in [5.41, 5.74) is 0.401. The summed E-state index contributed by atoms with van der Waals surface area (Å²) >= 11 is 0. The van der Waals surface area contributed by atoms with Gasteiger partial charge in [-0.1, -0.05) is 0 Å². The Kier molecular flexibility index (Phi) is 4.10. The molecule has 0 aromatic heterocycles. The zero-order valence-corrected chi connectivity index (χ0v) is 12.3. The Morgan fingerprint density at radius 1 is 1.43 bits per heavy atom. The van der Waals surface area contributed by atoms with Crippen LogP contribution < -0.4 is 10.1 Å². The quantitative estimate of drug-likeness (QED) is 0.904. The Balaban J connectivity index is 1.75. The van der Waals surface area contributed by atoms with Gasteiger partial charge in [0.1, 0.15) is 0 Å². The molecule has 5 heteroatoms. The van der Waals surface area contributed by atoms with Crippen LogP contribution in [0, 0.1) is 5.82 Å². The van der Waals surface area contributed by atoms with Crippen LogP contribution in [-0.4, -0.2) is 43.1 Å². The molecule has 0 bridgehead atoms. The molecule has 1 unspecified atom stereocenters. The van der Waals surface area contributed by atoms with E-state index in [1.165, 1.54) is 19.2 Å². The van der Waals surface area contributed by atoms with E-state index in [0.29, 0.717) is 17.6 Å². The van der Waals surface area contributed by atoms with Gasteiger partial charge in [0.2, 0.25) is 0 Å². The fraction of sp³-hybridized carbons (Fsp3) is 0.562. The Hall–Kier alpha value is -1.62. The molecule has 4 nitrogen and oxygen atoms in total. The highest BCUT2D eigenvalue weighted by molar-refractivity contribution is 5.94. The molecule has 2 aliphatic rings. The van der Waals surface area contributed by atoms with Gasteiger partial charge < -0.3 is 15.0 Å². The number of carbonyl (C=O) groups excluding carboxylic acids is 1. The van der Waals surface area contributed by atoms with Crippen LogP contribution in [0.15, 0.2) is 18.2 Å². The minimum atomic E-state index is -0.488. The first kappa shape index (κ1) is 14.3. The second kappa shape index (κ2) is 6.02. The Morgan fingerprint density at radius 2 is 2.24 bits per heavy atom. The first-order chi connectivity index (χ1) is 10.2. The number of benzene rings is 1. The third-order valence-electron chi connectivity index (χ3n) is 4.23. The smallest absolute Gasteiger partial charge is 0.254 e. The molecule has 1 saturated carbocycles. The molecule has 1 N–H and O–H groups in total. The second-order valence-corrected chi connectivity index (χ2v) is 5.83. The largest absolute Gasteiger partial charge is 0.494 e. The van der Waals surface area contributed by atoms with Gasteiger partial charge in [-0.15, -0.1) is 0 Å². The molecule has 1 aliphatic carbocycles. The standard InChI is InChI=1S/C16H21FN2O2/c1-21-15-7-4-11(9-14(15)17)16(20)19(13-5-6-13)10-12-3-2-8-18-12/h4,7,9,12-13,18H,2-3,5-6,8,10H2,1H3. The van der Waals surface area contributed by atoms with E-state index in [4.69, 9.17) is 4.74 Å². The molecule has 2 fully saturated rings. The van der Waals surface area contributed by atoms with Crippen molar-refractivity contribution in [3.8, 4) is 5.75 Å². The first-order valence-corrected chi connectivity index (χ1v) is 7.57. The van der Waals surface area contributed by atoms with Gasteiger partial charge >= 0.3 is 0 Å². The lowest BCUT2D eigenvalue weighted by Gasteiger charge is -2.26. The maximum atomic E-state index is 13.8. The van der Waals surface area contributed by atoms with Crippen molar-refractivity contribution in [1.29, 1.82) is 0 Å². The van der Waals surface area contributed by atoms with E-state index in [1.54, 1.807) is 6.07 Å². The average Bonchev–Trinajstić information content (AvgIpc) is 3.20. The summed E-state index contributed by atoms with van der Waals surface area (Å²) in [6.45, 7) is 1.74. The zero-order chi connectivity index (χ0) is 14.8. The van der Waals surface area contributed by atoms with Crippen molar-refractivity contribution in [3.05, 3.63) is 29.6 Å². The maximum absolute atomic E-state index is 13.8. The number of nitrogens with zero attached hydrogens (tertiary/aromatic N) is 1. The highest BCUT2D eigenvalue weighted by atomic mass is 19.1. The molecule has 3 rings (SSSR count). The first-order valence-electron chi connectivity index (χ1n) is 7.57. The summed E-state index contributed by atoms with van der Waals surface area (Å²) in [4.78, 5) is 14.6. The van der Waals surface area contributed by atoms with E-state index >= 15 is 0 Å². The van der Waals surface area contributed by atoms with Crippen LogP contribution >= 0.6 is 0 Å². The van der Waals surface area contributed by atoms with Crippen LogP contribution in [-0.2, 0) is 0 Å². The molecular weight excluding hydrogens is 271 g/mol. The molecule has 1 aromatic carbocycles. The van der Waals surface area contributed by atoms with E-state index in [2.05, 4.69) is 5.32 Å². The van der Waals surface area contributed by atoms with Crippen LogP contribution in [0.1, 0.15) is 36.0 Å². The molecule has 1 aliphatic heterocycles. The number of rotatable bonds is 5. The van der Waals surface area contributed by atoms with Gasteiger partial charge in [0.05, 0.1) is 7.11 Å². The summed E-state index contributed by atoms with van der Waals surface area (Å²) in [6.07, 6.45) is 4.37. The van der Waals surface area contributed by atoms with Gasteiger partial charge in [0, 0.05) is 24.2 Å². The molecule has 1 atom stereocenters. The van der Waals surface area contributed by atoms with Crippen LogP contribution in [0.3, 0.4) is 0 Å². The summed E-state index contributed by atoms with van der Waals surface area (Å²) in [5.74, 6) is -0.396. The molecule has 21 heavy (non-hydrogen) atoms. The number of hydrogen-bond donors (Lipinski definition) is 1. The Bertz CT molecular complexity index is 525. The van der Waals surface area contributed by atoms with Gasteiger partial charge in [-0.05, 0) is 50.4 Å². The van der Waals surface area contributed by atoms with E-state index in [-0.39, 0.29) is 11.7 Å². The number of halogens is 1. The van der Waals surface area contributed by atoms with Gasteiger partial charge in [0.25, 0.3) is 5.91 Å². The van der Waals surface area contributed by atoms with Gasteiger partial charge in [0.15, 0.2) is 11.6 Å². The molecular formula is C16H21FN2O2. The monoisotopic (exact) mass is 292 g/mol. The molecule has 114 valence electrons. The van der Waals surface area contributed by atoms with Crippen molar-refractivity contribution in [3.63, 3.8) is 0 Å². The topological polar surface area (TPSA) is 41.6 Å². The predicted molar refractivity (Wildman–Crippen MR) is 78.0 cm³/mol. The van der Waals surface area contributed by atoms with Crippen molar-refractivity contribution >= 4 is 5.91 Å². The lowest BCUT2D eigenvalue weighted by molar-refractivity contribution is 0.0728. The Morgan fingerprint density at radius 3 is 2.81 bits per heavy atom. The third kappa shape index (κ3) is 3.18. The fourth-order valence-electron chi connectivity index (χ4n) is 2.90. The van der Waals surface area contributed by atoms with Crippen molar-refractivity contribution in [2.45, 2.75) is 37.8 Å². The second-order valence-electron chi connectivity index (χ2n) is 5.83. The normalized spacial score (nSPS) is 21.3. The SMILES string of the molecule is COc1ccc(C(=O)N(CC2CCCN2)C2CC2)cc1F. The molecule has 0 radical (unpaired) electrons. The van der Waals surface area contributed by atoms with Gasteiger partial charge in [-0.25, -0.2) is 4.39 Å². The number of carbonyl (C=O) groups is 1. The highest BCUT2D eigenvalue weighted by Crippen LogP contribution is 2.30. The van der Waals surface area contributed by atoms with Crippen molar-refractivity contribution in [2.24, 2.45) is 0 Å². The predicted octanol–water partition coefficient (Wildman–Crippen LogP) is 2.19. The van der Waals surface area contributed by atoms with E-state index in [0.717, 1.165) is 38.8 Å². The number of ether oxygens (including phenoxy) is 1. The minimum Gasteiger partial charge on any atom is -0.494 e. The number of nitrogens with one attached hydrogen (secondary N) is 1. The summed E-state index contributed by atoms with van der Waals surface area (Å²) in [7, 11) is 1.42. The van der Waals surface area contributed by atoms with Crippen LogP contribution in [0.2, 0.25) is 0 Å². The summed E-state index contributed by atoms with van der Waals surface area (Å²) < 4.78 is 18.7. The van der Waals surface area contributed by atoms with Crippen molar-refractivity contribution in [2.75, 3.05) is 20.2 Å². The fourth-order valence-corrected chi connectivity index (χ4v) is 2.90. The number of amides is 1. The van der Waals surface area contributed by atoms with E-state index < -0.39 is 5.82 Å². The highest BCUT2D eigenvalue weighted by Gasteiger charge is 2.35. The lowest BCUT2D eigenvalue weighted by Crippen LogP contribution is -2.42.